The molecule has 0 unspecified atom stereocenters. The van der Waals surface area contributed by atoms with Crippen molar-refractivity contribution in [2.45, 2.75) is 25.8 Å². The van der Waals surface area contributed by atoms with Gasteiger partial charge in [0, 0.05) is 23.7 Å². The van der Waals surface area contributed by atoms with Gasteiger partial charge in [-0.1, -0.05) is 18.2 Å². The van der Waals surface area contributed by atoms with E-state index in [-0.39, 0.29) is 5.91 Å². The van der Waals surface area contributed by atoms with E-state index in [2.05, 4.69) is 17.4 Å². The second-order valence-electron chi connectivity index (χ2n) is 6.41. The zero-order chi connectivity index (χ0) is 15.6. The molecule has 23 heavy (non-hydrogen) atoms. The molecule has 4 nitrogen and oxygen atoms in total. The first-order valence-electron chi connectivity index (χ1n) is 8.18. The molecule has 0 spiro atoms. The molecule has 0 amide bonds. The summed E-state index contributed by atoms with van der Waals surface area (Å²) in [5.41, 5.74) is 6.12. The first kappa shape index (κ1) is 13.1. The molecule has 1 N–H and O–H groups in total. The van der Waals surface area contributed by atoms with E-state index in [1.807, 2.05) is 16.7 Å². The number of nitrogens with zero attached hydrogens (tertiary/aromatic N) is 1. The highest BCUT2D eigenvalue weighted by Gasteiger charge is 2.28. The predicted molar refractivity (Wildman–Crippen MR) is 90.4 cm³/mol. The van der Waals surface area contributed by atoms with Crippen LogP contribution < -0.4 is 10.1 Å². The summed E-state index contributed by atoms with van der Waals surface area (Å²) in [6, 6.07) is 8.40. The smallest absolute Gasteiger partial charge is 0.232 e. The Labute approximate surface area is 134 Å². The summed E-state index contributed by atoms with van der Waals surface area (Å²) < 4.78 is 7.48. The van der Waals surface area contributed by atoms with Gasteiger partial charge in [0.05, 0.1) is 18.1 Å². The van der Waals surface area contributed by atoms with Gasteiger partial charge in [-0.25, -0.2) is 0 Å². The topological polar surface area (TPSA) is 43.3 Å². The SMILES string of the molecule is COc1cccc2c3c4c(cc5c3n(c12)C(=O)CC5)CNCC4. The highest BCUT2D eigenvalue weighted by Crippen LogP contribution is 2.42. The Morgan fingerprint density at radius 2 is 2.04 bits per heavy atom. The molecule has 2 aromatic carbocycles. The van der Waals surface area contributed by atoms with Crippen molar-refractivity contribution in [3.63, 3.8) is 0 Å². The van der Waals surface area contributed by atoms with E-state index >= 15 is 0 Å². The molecule has 2 aliphatic heterocycles. The Morgan fingerprint density at radius 1 is 1.13 bits per heavy atom. The number of hydrogen-bond donors (Lipinski definition) is 1. The first-order valence-corrected chi connectivity index (χ1v) is 8.18. The largest absolute Gasteiger partial charge is 0.495 e. The summed E-state index contributed by atoms with van der Waals surface area (Å²) >= 11 is 0. The van der Waals surface area contributed by atoms with Crippen LogP contribution in [0.4, 0.5) is 0 Å². The number of ether oxygens (including phenoxy) is 1. The Morgan fingerprint density at radius 3 is 2.91 bits per heavy atom. The highest BCUT2D eigenvalue weighted by atomic mass is 16.5. The zero-order valence-electron chi connectivity index (χ0n) is 13.1. The van der Waals surface area contributed by atoms with Crippen LogP contribution in [0.1, 0.15) is 27.9 Å². The minimum Gasteiger partial charge on any atom is -0.495 e. The minimum absolute atomic E-state index is 0.177. The maximum absolute atomic E-state index is 12.7. The molecular formula is C19H18N2O2. The lowest BCUT2D eigenvalue weighted by Crippen LogP contribution is -2.25. The van der Waals surface area contributed by atoms with E-state index in [1.165, 1.54) is 22.1 Å². The molecule has 4 heteroatoms. The van der Waals surface area contributed by atoms with Crippen LogP contribution in [-0.2, 0) is 19.4 Å². The number of carbonyl (C=O) groups excluding carboxylic acids is 1. The van der Waals surface area contributed by atoms with Crippen molar-refractivity contribution in [1.82, 2.24) is 9.88 Å². The van der Waals surface area contributed by atoms with Crippen molar-refractivity contribution in [3.05, 3.63) is 41.0 Å². The average molecular weight is 306 g/mol. The number of aryl methyl sites for hydroxylation is 1. The third kappa shape index (κ3) is 1.61. The van der Waals surface area contributed by atoms with Crippen LogP contribution in [0.25, 0.3) is 21.8 Å². The van der Waals surface area contributed by atoms with E-state index in [9.17, 15) is 4.79 Å². The molecule has 1 aromatic heterocycles. The summed E-state index contributed by atoms with van der Waals surface area (Å²) in [5, 5.41) is 5.88. The van der Waals surface area contributed by atoms with Crippen LogP contribution in [0, 0.1) is 0 Å². The van der Waals surface area contributed by atoms with Crippen LogP contribution >= 0.6 is 0 Å². The van der Waals surface area contributed by atoms with Crippen molar-refractivity contribution in [2.24, 2.45) is 0 Å². The van der Waals surface area contributed by atoms with Crippen LogP contribution in [0.5, 0.6) is 5.75 Å². The third-order valence-corrected chi connectivity index (χ3v) is 5.24. The van der Waals surface area contributed by atoms with Crippen molar-refractivity contribution in [3.8, 4) is 5.75 Å². The molecule has 5 rings (SSSR count). The van der Waals surface area contributed by atoms with Crippen molar-refractivity contribution in [2.75, 3.05) is 13.7 Å². The lowest BCUT2D eigenvalue weighted by Gasteiger charge is -2.22. The normalized spacial score (nSPS) is 16.8. The Bertz CT molecular complexity index is 984. The van der Waals surface area contributed by atoms with Gasteiger partial charge in [-0.2, -0.15) is 0 Å². The number of fused-ring (bicyclic) bond motifs is 5. The summed E-state index contributed by atoms with van der Waals surface area (Å²) in [6.45, 7) is 1.91. The highest BCUT2D eigenvalue weighted by molar-refractivity contribution is 6.18. The van der Waals surface area contributed by atoms with E-state index in [0.717, 1.165) is 48.1 Å². The van der Waals surface area contributed by atoms with Gasteiger partial charge in [-0.05, 0) is 42.1 Å². The zero-order valence-corrected chi connectivity index (χ0v) is 13.1. The van der Waals surface area contributed by atoms with Gasteiger partial charge >= 0.3 is 0 Å². The van der Waals surface area contributed by atoms with Crippen LogP contribution in [0.2, 0.25) is 0 Å². The molecule has 2 aliphatic rings. The Balaban J connectivity index is 2.07. The quantitative estimate of drug-likeness (QED) is 0.751. The maximum atomic E-state index is 12.7. The number of aromatic nitrogens is 1. The summed E-state index contributed by atoms with van der Waals surface area (Å²) in [6.07, 6.45) is 2.41. The summed E-state index contributed by atoms with van der Waals surface area (Å²) in [7, 11) is 1.67. The molecule has 3 aromatic rings. The molecule has 116 valence electrons. The Kier molecular flexibility index (Phi) is 2.62. The summed E-state index contributed by atoms with van der Waals surface area (Å²) in [4.78, 5) is 12.7. The number of carbonyl (C=O) groups is 1. The fourth-order valence-corrected chi connectivity index (χ4v) is 4.28. The van der Waals surface area contributed by atoms with Crippen LogP contribution in [-0.4, -0.2) is 24.1 Å². The number of methoxy groups -OCH3 is 1. The minimum atomic E-state index is 0.177. The van der Waals surface area contributed by atoms with E-state index in [0.29, 0.717) is 6.42 Å². The molecule has 0 saturated carbocycles. The standard InChI is InChI=1S/C19H18N2O2/c1-23-15-4-2-3-14-17-13-7-8-20-10-12(13)9-11-5-6-16(22)21(18(11)17)19(14)15/h2-4,9,20H,5-8,10H2,1H3. The molecular weight excluding hydrogens is 288 g/mol. The second-order valence-corrected chi connectivity index (χ2v) is 6.41. The summed E-state index contributed by atoms with van der Waals surface area (Å²) in [5.74, 6) is 0.957. The fourth-order valence-electron chi connectivity index (χ4n) is 4.28. The predicted octanol–water partition coefficient (Wildman–Crippen LogP) is 3.04. The number of hydrogen-bond acceptors (Lipinski definition) is 3. The van der Waals surface area contributed by atoms with Crippen molar-refractivity contribution in [1.29, 1.82) is 0 Å². The van der Waals surface area contributed by atoms with Crippen LogP contribution in [0.3, 0.4) is 0 Å². The van der Waals surface area contributed by atoms with E-state index in [4.69, 9.17) is 4.74 Å². The monoisotopic (exact) mass is 306 g/mol. The number of para-hydroxylation sites is 1. The van der Waals surface area contributed by atoms with Gasteiger partial charge in [-0.3, -0.25) is 9.36 Å². The van der Waals surface area contributed by atoms with E-state index < -0.39 is 0 Å². The number of nitrogens with one attached hydrogen (secondary N) is 1. The average Bonchev–Trinajstić information content (AvgIpc) is 2.95. The lowest BCUT2D eigenvalue weighted by molar-refractivity contribution is 0.0907. The molecule has 0 fully saturated rings. The molecule has 0 atom stereocenters. The molecule has 0 bridgehead atoms. The van der Waals surface area contributed by atoms with Gasteiger partial charge in [0.25, 0.3) is 0 Å². The second kappa shape index (κ2) is 4.59. The molecule has 0 aliphatic carbocycles. The molecule has 0 saturated heterocycles. The lowest BCUT2D eigenvalue weighted by atomic mass is 9.90. The van der Waals surface area contributed by atoms with Gasteiger partial charge in [0.1, 0.15) is 5.75 Å². The van der Waals surface area contributed by atoms with Crippen molar-refractivity contribution < 1.29 is 9.53 Å². The van der Waals surface area contributed by atoms with Crippen LogP contribution in [0.15, 0.2) is 24.3 Å². The Hall–Kier alpha value is -2.33. The molecule has 3 heterocycles. The fraction of sp³-hybridized carbons (Fsp3) is 0.316. The number of rotatable bonds is 1. The van der Waals surface area contributed by atoms with Gasteiger partial charge < -0.3 is 10.1 Å². The van der Waals surface area contributed by atoms with Gasteiger partial charge in [0.15, 0.2) is 0 Å². The third-order valence-electron chi connectivity index (χ3n) is 5.24. The molecule has 0 radical (unpaired) electrons. The number of benzene rings is 2. The van der Waals surface area contributed by atoms with Gasteiger partial charge in [0.2, 0.25) is 5.91 Å². The van der Waals surface area contributed by atoms with Gasteiger partial charge in [-0.15, -0.1) is 0 Å². The van der Waals surface area contributed by atoms with E-state index in [1.54, 1.807) is 7.11 Å². The van der Waals surface area contributed by atoms with Crippen molar-refractivity contribution >= 4 is 27.7 Å². The first-order chi connectivity index (χ1) is 11.3. The maximum Gasteiger partial charge on any atom is 0.232 e.